The highest BCUT2D eigenvalue weighted by Gasteiger charge is 2.38. The Balaban J connectivity index is 1.85. The molecule has 0 aromatic carbocycles. The minimum Gasteiger partial charge on any atom is -0.316 e. The molecule has 2 unspecified atom stereocenters. The summed E-state index contributed by atoms with van der Waals surface area (Å²) in [6.45, 7) is 9.09. The van der Waals surface area contributed by atoms with E-state index in [9.17, 15) is 0 Å². The Bertz CT molecular complexity index is 329. The first-order valence-corrected chi connectivity index (χ1v) is 6.81. The van der Waals surface area contributed by atoms with Gasteiger partial charge in [0, 0.05) is 9.75 Å². The highest BCUT2D eigenvalue weighted by atomic mass is 32.1. The smallest absolute Gasteiger partial charge is 0.00519 e. The molecule has 0 saturated heterocycles. The van der Waals surface area contributed by atoms with Crippen LogP contribution in [0.1, 0.15) is 41.0 Å². The molecule has 1 heterocycles. The first kappa shape index (κ1) is 11.2. The van der Waals surface area contributed by atoms with Crippen LogP contribution in [0, 0.1) is 19.8 Å². The van der Waals surface area contributed by atoms with Gasteiger partial charge in [-0.1, -0.05) is 6.92 Å². The van der Waals surface area contributed by atoms with Gasteiger partial charge in [-0.25, -0.2) is 0 Å². The van der Waals surface area contributed by atoms with Crippen molar-refractivity contribution in [1.29, 1.82) is 0 Å². The molecular formula is C13H21NS. The van der Waals surface area contributed by atoms with Crippen molar-refractivity contribution in [1.82, 2.24) is 5.32 Å². The zero-order valence-electron chi connectivity index (χ0n) is 9.97. The second-order valence-corrected chi connectivity index (χ2v) is 6.14. The fourth-order valence-electron chi connectivity index (χ4n) is 2.34. The van der Waals surface area contributed by atoms with Crippen molar-refractivity contribution in [2.24, 2.45) is 5.92 Å². The minimum atomic E-state index is 0.860. The second kappa shape index (κ2) is 4.67. The van der Waals surface area contributed by atoms with Gasteiger partial charge in [0.25, 0.3) is 0 Å². The number of aryl methyl sites for hydroxylation is 2. The van der Waals surface area contributed by atoms with Gasteiger partial charge >= 0.3 is 0 Å². The summed E-state index contributed by atoms with van der Waals surface area (Å²) in [4.78, 5) is 3.00. The summed E-state index contributed by atoms with van der Waals surface area (Å²) in [5.74, 6) is 1.77. The first-order chi connectivity index (χ1) is 7.22. The second-order valence-electron chi connectivity index (χ2n) is 4.67. The van der Waals surface area contributed by atoms with E-state index in [1.165, 1.54) is 35.7 Å². The fraction of sp³-hybridized carbons (Fsp3) is 0.692. The predicted molar refractivity (Wildman–Crippen MR) is 67.8 cm³/mol. The summed E-state index contributed by atoms with van der Waals surface area (Å²) in [6, 6.07) is 2.39. The van der Waals surface area contributed by atoms with Crippen LogP contribution in [-0.4, -0.2) is 13.1 Å². The van der Waals surface area contributed by atoms with E-state index in [0.29, 0.717) is 0 Å². The lowest BCUT2D eigenvalue weighted by Crippen LogP contribution is -2.17. The van der Waals surface area contributed by atoms with Crippen LogP contribution in [0.3, 0.4) is 0 Å². The maximum Gasteiger partial charge on any atom is 0.00519 e. The normalized spacial score (nSPS) is 24.5. The van der Waals surface area contributed by atoms with E-state index in [1.54, 1.807) is 5.56 Å². The van der Waals surface area contributed by atoms with Crippen molar-refractivity contribution < 1.29 is 0 Å². The van der Waals surface area contributed by atoms with Crippen molar-refractivity contribution in [3.63, 3.8) is 0 Å². The molecule has 1 fully saturated rings. The Hall–Kier alpha value is -0.340. The Kier molecular flexibility index (Phi) is 3.47. The van der Waals surface area contributed by atoms with Crippen LogP contribution in [0.25, 0.3) is 0 Å². The molecule has 2 rings (SSSR count). The molecule has 15 heavy (non-hydrogen) atoms. The fourth-order valence-corrected chi connectivity index (χ4v) is 3.33. The van der Waals surface area contributed by atoms with E-state index in [4.69, 9.17) is 0 Å². The molecule has 1 aromatic heterocycles. The minimum absolute atomic E-state index is 0.860. The van der Waals surface area contributed by atoms with Gasteiger partial charge in [-0.05, 0) is 63.2 Å². The average Bonchev–Trinajstić information content (AvgIpc) is 2.86. The lowest BCUT2D eigenvalue weighted by Gasteiger charge is -2.01. The van der Waals surface area contributed by atoms with Gasteiger partial charge in [-0.3, -0.25) is 0 Å². The summed E-state index contributed by atoms with van der Waals surface area (Å²) in [6.07, 6.45) is 2.64. The average molecular weight is 223 g/mol. The quantitative estimate of drug-likeness (QED) is 0.754. The summed E-state index contributed by atoms with van der Waals surface area (Å²) in [7, 11) is 0. The molecule has 84 valence electrons. The topological polar surface area (TPSA) is 12.0 Å². The number of hydrogen-bond acceptors (Lipinski definition) is 2. The first-order valence-electron chi connectivity index (χ1n) is 6.00. The Labute approximate surface area is 96.9 Å². The van der Waals surface area contributed by atoms with Gasteiger partial charge in [-0.15, -0.1) is 11.3 Å². The summed E-state index contributed by atoms with van der Waals surface area (Å²) >= 11 is 1.95. The molecule has 1 N–H and O–H groups in total. The third-order valence-corrected chi connectivity index (χ3v) is 4.22. The van der Waals surface area contributed by atoms with Gasteiger partial charge in [0.15, 0.2) is 0 Å². The van der Waals surface area contributed by atoms with Gasteiger partial charge < -0.3 is 5.32 Å². The lowest BCUT2D eigenvalue weighted by atomic mass is 10.1. The molecule has 1 aliphatic rings. The summed E-state index contributed by atoms with van der Waals surface area (Å²) in [5.41, 5.74) is 1.63. The van der Waals surface area contributed by atoms with Crippen LogP contribution < -0.4 is 5.32 Å². The highest BCUT2D eigenvalue weighted by Crippen LogP contribution is 2.49. The molecule has 0 radical (unpaired) electrons. The molecular weight excluding hydrogens is 202 g/mol. The van der Waals surface area contributed by atoms with Crippen LogP contribution in [0.4, 0.5) is 0 Å². The van der Waals surface area contributed by atoms with Crippen molar-refractivity contribution in [2.45, 2.75) is 39.5 Å². The van der Waals surface area contributed by atoms with E-state index < -0.39 is 0 Å². The van der Waals surface area contributed by atoms with E-state index in [1.807, 2.05) is 11.3 Å². The number of thiophene rings is 1. The number of rotatable bonds is 5. The van der Waals surface area contributed by atoms with E-state index in [2.05, 4.69) is 32.2 Å². The molecule has 0 spiro atoms. The van der Waals surface area contributed by atoms with Crippen molar-refractivity contribution >= 4 is 11.3 Å². The Morgan fingerprint density at radius 2 is 2.27 bits per heavy atom. The van der Waals surface area contributed by atoms with E-state index in [-0.39, 0.29) is 0 Å². The molecule has 1 aromatic rings. The zero-order valence-corrected chi connectivity index (χ0v) is 10.8. The van der Waals surface area contributed by atoms with Crippen LogP contribution in [0.15, 0.2) is 6.07 Å². The molecule has 0 bridgehead atoms. The maximum absolute atomic E-state index is 3.53. The predicted octanol–water partition coefficient (Wildman–Crippen LogP) is 3.47. The van der Waals surface area contributed by atoms with Crippen molar-refractivity contribution in [3.05, 3.63) is 21.4 Å². The molecule has 1 nitrogen and oxygen atoms in total. The monoisotopic (exact) mass is 223 g/mol. The van der Waals surface area contributed by atoms with E-state index in [0.717, 1.165) is 11.8 Å². The molecule has 1 aliphatic carbocycles. The van der Waals surface area contributed by atoms with Gasteiger partial charge in [-0.2, -0.15) is 0 Å². The van der Waals surface area contributed by atoms with Gasteiger partial charge in [0.1, 0.15) is 0 Å². The highest BCUT2D eigenvalue weighted by molar-refractivity contribution is 7.12. The van der Waals surface area contributed by atoms with Crippen LogP contribution in [-0.2, 0) is 0 Å². The van der Waals surface area contributed by atoms with Crippen molar-refractivity contribution in [3.8, 4) is 0 Å². The lowest BCUT2D eigenvalue weighted by molar-refractivity contribution is 0.620. The molecule has 0 aliphatic heterocycles. The van der Waals surface area contributed by atoms with Gasteiger partial charge in [0.05, 0.1) is 0 Å². The van der Waals surface area contributed by atoms with Crippen LogP contribution in [0.2, 0.25) is 0 Å². The third-order valence-electron chi connectivity index (χ3n) is 3.23. The molecule has 2 heteroatoms. The molecule has 0 amide bonds. The number of nitrogens with one attached hydrogen (secondary N) is 1. The van der Waals surface area contributed by atoms with E-state index >= 15 is 0 Å². The largest absolute Gasteiger partial charge is 0.316 e. The maximum atomic E-state index is 3.53. The third kappa shape index (κ3) is 2.61. The summed E-state index contributed by atoms with van der Waals surface area (Å²) < 4.78 is 0. The Morgan fingerprint density at radius 3 is 2.87 bits per heavy atom. The summed E-state index contributed by atoms with van der Waals surface area (Å²) in [5, 5.41) is 3.53. The van der Waals surface area contributed by atoms with Crippen LogP contribution >= 0.6 is 11.3 Å². The number of hydrogen-bond donors (Lipinski definition) is 1. The SMILES string of the molecule is CCCNCC1CC1c1cc(C)sc1C. The molecule has 1 saturated carbocycles. The molecule has 2 atom stereocenters. The van der Waals surface area contributed by atoms with Gasteiger partial charge in [0.2, 0.25) is 0 Å². The van der Waals surface area contributed by atoms with Crippen LogP contribution in [0.5, 0.6) is 0 Å². The standard InChI is InChI=1S/C13H21NS/c1-4-5-14-8-11-7-13(11)12-6-9(2)15-10(12)3/h6,11,13-14H,4-5,7-8H2,1-3H3. The zero-order chi connectivity index (χ0) is 10.8. The van der Waals surface area contributed by atoms with Crippen molar-refractivity contribution in [2.75, 3.05) is 13.1 Å². The Morgan fingerprint density at radius 1 is 1.47 bits per heavy atom.